The molecule has 0 spiro atoms. The highest BCUT2D eigenvalue weighted by molar-refractivity contribution is 6.12. The molecule has 5 rings (SSSR count). The summed E-state index contributed by atoms with van der Waals surface area (Å²) in [6.45, 7) is 5.70. The van der Waals surface area contributed by atoms with E-state index < -0.39 is 6.10 Å². The predicted octanol–water partition coefficient (Wildman–Crippen LogP) is 6.63. The number of aliphatic hydroxyl groups is 1. The number of hydrogen-bond acceptors (Lipinski definition) is 4. The minimum Gasteiger partial charge on any atom is -0.455 e. The first-order valence-corrected chi connectivity index (χ1v) is 11.9. The number of nitrogens with one attached hydrogen (secondary N) is 1. The SMILES string of the molecule is C=CC(O)c1ccc(N(C)c2cc3oc(-c4ccc(C)cc4)c(C(=O)NC)c3cc2C2CC2)cc1. The number of aliphatic hydroxyl groups excluding tert-OH is 1. The van der Waals surface area contributed by atoms with E-state index in [1.165, 1.54) is 11.6 Å². The van der Waals surface area contributed by atoms with Gasteiger partial charge in [0.05, 0.1) is 11.7 Å². The molecule has 1 aromatic heterocycles. The Morgan fingerprint density at radius 2 is 1.83 bits per heavy atom. The average Bonchev–Trinajstić information content (AvgIpc) is 3.67. The topological polar surface area (TPSA) is 65.7 Å². The van der Waals surface area contributed by atoms with Gasteiger partial charge in [-0.2, -0.15) is 0 Å². The van der Waals surface area contributed by atoms with Crippen LogP contribution in [0.25, 0.3) is 22.3 Å². The van der Waals surface area contributed by atoms with Gasteiger partial charge in [0.15, 0.2) is 0 Å². The first-order valence-electron chi connectivity index (χ1n) is 11.9. The van der Waals surface area contributed by atoms with E-state index in [0.29, 0.717) is 22.8 Å². The number of anilines is 2. The number of carbonyl (C=O) groups is 1. The Morgan fingerprint density at radius 1 is 1.14 bits per heavy atom. The van der Waals surface area contributed by atoms with E-state index in [0.717, 1.165) is 46.3 Å². The lowest BCUT2D eigenvalue weighted by Crippen LogP contribution is -2.18. The number of furan rings is 1. The highest BCUT2D eigenvalue weighted by atomic mass is 16.3. The maximum absolute atomic E-state index is 13.0. The van der Waals surface area contributed by atoms with Crippen molar-refractivity contribution in [3.05, 3.63) is 95.6 Å². The lowest BCUT2D eigenvalue weighted by atomic mass is 9.99. The number of nitrogens with zero attached hydrogens (tertiary/aromatic N) is 1. The zero-order valence-electron chi connectivity index (χ0n) is 20.3. The summed E-state index contributed by atoms with van der Waals surface area (Å²) in [6.07, 6.45) is 3.10. The van der Waals surface area contributed by atoms with Crippen molar-refractivity contribution in [3.63, 3.8) is 0 Å². The summed E-state index contributed by atoms with van der Waals surface area (Å²) in [6, 6.07) is 20.1. The minimum absolute atomic E-state index is 0.154. The van der Waals surface area contributed by atoms with Crippen LogP contribution in [-0.2, 0) is 0 Å². The number of fused-ring (bicyclic) bond motifs is 1. The molecule has 0 bridgehead atoms. The smallest absolute Gasteiger partial charge is 0.255 e. The van der Waals surface area contributed by atoms with E-state index in [9.17, 15) is 9.90 Å². The molecule has 5 nitrogen and oxygen atoms in total. The third kappa shape index (κ3) is 4.24. The van der Waals surface area contributed by atoms with Gasteiger partial charge >= 0.3 is 0 Å². The molecule has 1 amide bonds. The minimum atomic E-state index is -0.681. The quantitative estimate of drug-likeness (QED) is 0.300. The van der Waals surface area contributed by atoms with Crippen LogP contribution in [0.15, 0.2) is 77.7 Å². The van der Waals surface area contributed by atoms with Crippen molar-refractivity contribution in [2.45, 2.75) is 31.8 Å². The first-order chi connectivity index (χ1) is 16.9. The van der Waals surface area contributed by atoms with Crippen LogP contribution in [0.1, 0.15) is 51.9 Å². The van der Waals surface area contributed by atoms with Crippen molar-refractivity contribution >= 4 is 28.3 Å². The fourth-order valence-corrected chi connectivity index (χ4v) is 4.59. The van der Waals surface area contributed by atoms with E-state index in [2.05, 4.69) is 28.9 Å². The largest absolute Gasteiger partial charge is 0.455 e. The highest BCUT2D eigenvalue weighted by Crippen LogP contribution is 2.48. The molecule has 1 aliphatic carbocycles. The second kappa shape index (κ2) is 9.08. The summed E-state index contributed by atoms with van der Waals surface area (Å²) in [7, 11) is 3.69. The summed E-state index contributed by atoms with van der Waals surface area (Å²) < 4.78 is 6.36. The molecule has 0 radical (unpaired) electrons. The normalized spacial score (nSPS) is 14.1. The Hall–Kier alpha value is -3.83. The van der Waals surface area contributed by atoms with Crippen LogP contribution < -0.4 is 10.2 Å². The molecule has 1 unspecified atom stereocenters. The molecule has 1 aliphatic rings. The van der Waals surface area contributed by atoms with E-state index in [4.69, 9.17) is 4.42 Å². The van der Waals surface area contributed by atoms with Gasteiger partial charge in [-0.05, 0) is 55.0 Å². The van der Waals surface area contributed by atoms with Crippen LogP contribution in [0.4, 0.5) is 11.4 Å². The van der Waals surface area contributed by atoms with Gasteiger partial charge in [-0.15, -0.1) is 6.58 Å². The van der Waals surface area contributed by atoms with Crippen molar-refractivity contribution in [2.24, 2.45) is 0 Å². The Labute approximate surface area is 205 Å². The van der Waals surface area contributed by atoms with Crippen LogP contribution >= 0.6 is 0 Å². The zero-order chi connectivity index (χ0) is 24.7. The number of benzene rings is 3. The Kier molecular flexibility index (Phi) is 5.95. The van der Waals surface area contributed by atoms with Gasteiger partial charge in [0.1, 0.15) is 11.3 Å². The van der Waals surface area contributed by atoms with Crippen LogP contribution in [0, 0.1) is 6.92 Å². The lowest BCUT2D eigenvalue weighted by Gasteiger charge is -2.23. The van der Waals surface area contributed by atoms with Gasteiger partial charge in [-0.3, -0.25) is 4.79 Å². The third-order valence-electron chi connectivity index (χ3n) is 6.83. The first kappa shape index (κ1) is 22.9. The van der Waals surface area contributed by atoms with Gasteiger partial charge in [0.25, 0.3) is 5.91 Å². The molecule has 2 N–H and O–H groups in total. The summed E-state index contributed by atoms with van der Waals surface area (Å²) in [5, 5.41) is 13.7. The van der Waals surface area contributed by atoms with E-state index in [-0.39, 0.29) is 5.91 Å². The Bertz CT molecular complexity index is 1400. The van der Waals surface area contributed by atoms with E-state index in [1.54, 1.807) is 7.05 Å². The maximum Gasteiger partial charge on any atom is 0.255 e. The summed E-state index contributed by atoms with van der Waals surface area (Å²) in [4.78, 5) is 15.1. The van der Waals surface area contributed by atoms with Gasteiger partial charge < -0.3 is 19.7 Å². The number of hydrogen-bond donors (Lipinski definition) is 2. The molecule has 0 aliphatic heterocycles. The van der Waals surface area contributed by atoms with Crippen LogP contribution in [0.2, 0.25) is 0 Å². The van der Waals surface area contributed by atoms with Gasteiger partial charge in [-0.1, -0.05) is 48.0 Å². The van der Waals surface area contributed by atoms with Crippen molar-refractivity contribution in [1.82, 2.24) is 5.32 Å². The molecule has 1 saturated carbocycles. The van der Waals surface area contributed by atoms with Gasteiger partial charge in [0, 0.05) is 42.5 Å². The number of carbonyl (C=O) groups excluding carboxylic acids is 1. The summed E-state index contributed by atoms with van der Waals surface area (Å²) in [5.41, 5.74) is 7.38. The fraction of sp³-hybridized carbons (Fsp3) is 0.233. The Balaban J connectivity index is 1.65. The monoisotopic (exact) mass is 466 g/mol. The molecular formula is C30H30N2O3. The fourth-order valence-electron chi connectivity index (χ4n) is 4.59. The molecular weight excluding hydrogens is 436 g/mol. The molecule has 1 atom stereocenters. The molecule has 178 valence electrons. The second-order valence-corrected chi connectivity index (χ2v) is 9.26. The zero-order valence-corrected chi connectivity index (χ0v) is 20.3. The van der Waals surface area contributed by atoms with Crippen molar-refractivity contribution < 1.29 is 14.3 Å². The van der Waals surface area contributed by atoms with Gasteiger partial charge in [-0.25, -0.2) is 0 Å². The predicted molar refractivity (Wildman–Crippen MR) is 141 cm³/mol. The lowest BCUT2D eigenvalue weighted by molar-refractivity contribution is 0.0964. The molecule has 35 heavy (non-hydrogen) atoms. The third-order valence-corrected chi connectivity index (χ3v) is 6.83. The molecule has 1 heterocycles. The van der Waals surface area contributed by atoms with Crippen LogP contribution in [-0.4, -0.2) is 25.1 Å². The van der Waals surface area contributed by atoms with Crippen LogP contribution in [0.5, 0.6) is 0 Å². The van der Waals surface area contributed by atoms with Crippen molar-refractivity contribution in [3.8, 4) is 11.3 Å². The average molecular weight is 467 g/mol. The number of amides is 1. The van der Waals surface area contributed by atoms with Gasteiger partial charge in [0.2, 0.25) is 0 Å². The van der Waals surface area contributed by atoms with E-state index >= 15 is 0 Å². The number of aryl methyl sites for hydroxylation is 1. The summed E-state index contributed by atoms with van der Waals surface area (Å²) in [5.74, 6) is 0.899. The Morgan fingerprint density at radius 3 is 2.43 bits per heavy atom. The van der Waals surface area contributed by atoms with E-state index in [1.807, 2.05) is 62.5 Å². The maximum atomic E-state index is 13.0. The molecule has 3 aromatic carbocycles. The molecule has 4 aromatic rings. The number of rotatable bonds is 7. The molecule has 5 heteroatoms. The van der Waals surface area contributed by atoms with Crippen LogP contribution in [0.3, 0.4) is 0 Å². The molecule has 0 saturated heterocycles. The highest BCUT2D eigenvalue weighted by Gasteiger charge is 2.30. The summed E-state index contributed by atoms with van der Waals surface area (Å²) >= 11 is 0. The molecule has 1 fully saturated rings. The second-order valence-electron chi connectivity index (χ2n) is 9.26. The standard InChI is InChI=1S/C30H30N2O3/c1-5-26(33)20-12-14-22(15-13-20)32(4)25-17-27-24(16-23(25)19-10-11-19)28(30(34)31-3)29(35-27)21-8-6-18(2)7-9-21/h5-9,12-17,19,26,33H,1,10-11H2,2-4H3,(H,31,34). The van der Waals surface area contributed by atoms with Crippen molar-refractivity contribution in [1.29, 1.82) is 0 Å². The van der Waals surface area contributed by atoms with Crippen molar-refractivity contribution in [2.75, 3.05) is 19.0 Å².